The monoisotopic (exact) mass is 427 g/mol. The number of halogens is 2. The zero-order valence-corrected chi connectivity index (χ0v) is 17.7. The summed E-state index contributed by atoms with van der Waals surface area (Å²) >= 11 is 13.8. The summed E-state index contributed by atoms with van der Waals surface area (Å²) in [6.45, 7) is 2.49. The van der Waals surface area contributed by atoms with E-state index in [4.69, 9.17) is 32.7 Å². The number of ether oxygens (including phenoxy) is 2. The van der Waals surface area contributed by atoms with Gasteiger partial charge in [0.05, 0.1) is 7.11 Å². The van der Waals surface area contributed by atoms with Crippen LogP contribution in [0.1, 0.15) is 18.9 Å². The first-order valence-corrected chi connectivity index (χ1v) is 10.5. The summed E-state index contributed by atoms with van der Waals surface area (Å²) < 4.78 is 10.9. The molecule has 0 aliphatic heterocycles. The van der Waals surface area contributed by atoms with Crippen molar-refractivity contribution in [2.45, 2.75) is 25.2 Å². The number of benzene rings is 2. The van der Waals surface area contributed by atoms with Gasteiger partial charge < -0.3 is 14.8 Å². The molecule has 7 heteroatoms. The van der Waals surface area contributed by atoms with E-state index in [2.05, 4.69) is 5.32 Å². The SMILES string of the molecule is CCC(Oc1ccc(OC)cc1)C(=O)NCCSCc1ccc(Cl)cc1Cl. The number of methoxy groups -OCH3 is 1. The Morgan fingerprint density at radius 3 is 2.48 bits per heavy atom. The topological polar surface area (TPSA) is 47.6 Å². The van der Waals surface area contributed by atoms with E-state index in [1.807, 2.05) is 19.1 Å². The number of amides is 1. The second-order valence-corrected chi connectivity index (χ2v) is 7.72. The van der Waals surface area contributed by atoms with E-state index < -0.39 is 6.10 Å². The van der Waals surface area contributed by atoms with Crippen molar-refractivity contribution in [1.82, 2.24) is 5.32 Å². The molecule has 2 aromatic carbocycles. The minimum absolute atomic E-state index is 0.113. The number of carbonyl (C=O) groups excluding carboxylic acids is 1. The highest BCUT2D eigenvalue weighted by Gasteiger charge is 2.17. The van der Waals surface area contributed by atoms with Gasteiger partial charge in [-0.2, -0.15) is 11.8 Å². The lowest BCUT2D eigenvalue weighted by Crippen LogP contribution is -2.39. The highest BCUT2D eigenvalue weighted by Crippen LogP contribution is 2.24. The van der Waals surface area contributed by atoms with Crippen molar-refractivity contribution in [2.75, 3.05) is 19.4 Å². The molecule has 0 bridgehead atoms. The lowest BCUT2D eigenvalue weighted by molar-refractivity contribution is -0.127. The molecule has 0 fully saturated rings. The van der Waals surface area contributed by atoms with E-state index in [1.54, 1.807) is 49.2 Å². The van der Waals surface area contributed by atoms with Crippen molar-refractivity contribution in [1.29, 1.82) is 0 Å². The van der Waals surface area contributed by atoms with Crippen molar-refractivity contribution in [2.24, 2.45) is 0 Å². The summed E-state index contributed by atoms with van der Waals surface area (Å²) in [5.74, 6) is 2.83. The van der Waals surface area contributed by atoms with Crippen molar-refractivity contribution < 1.29 is 14.3 Å². The predicted octanol–water partition coefficient (Wildman–Crippen LogP) is 5.21. The van der Waals surface area contributed by atoms with Gasteiger partial charge in [0.1, 0.15) is 11.5 Å². The van der Waals surface area contributed by atoms with Crippen LogP contribution in [-0.4, -0.2) is 31.4 Å². The normalized spacial score (nSPS) is 11.7. The molecule has 0 spiro atoms. The van der Waals surface area contributed by atoms with E-state index in [9.17, 15) is 4.79 Å². The quantitative estimate of drug-likeness (QED) is 0.528. The van der Waals surface area contributed by atoms with Crippen LogP contribution in [-0.2, 0) is 10.5 Å². The fraction of sp³-hybridized carbons (Fsp3) is 0.350. The van der Waals surface area contributed by atoms with Crippen molar-refractivity contribution >= 4 is 40.9 Å². The largest absolute Gasteiger partial charge is 0.497 e. The molecular weight excluding hydrogens is 405 g/mol. The van der Waals surface area contributed by atoms with Gasteiger partial charge in [-0.3, -0.25) is 4.79 Å². The minimum atomic E-state index is -0.519. The molecular formula is C20H23Cl2NO3S. The molecule has 1 N–H and O–H groups in total. The van der Waals surface area contributed by atoms with Gasteiger partial charge in [0.15, 0.2) is 6.10 Å². The maximum Gasteiger partial charge on any atom is 0.261 e. The highest BCUT2D eigenvalue weighted by atomic mass is 35.5. The van der Waals surface area contributed by atoms with Gasteiger partial charge in [0, 0.05) is 28.1 Å². The van der Waals surface area contributed by atoms with Gasteiger partial charge in [0.25, 0.3) is 5.91 Å². The van der Waals surface area contributed by atoms with Crippen LogP contribution in [0.5, 0.6) is 11.5 Å². The summed E-state index contributed by atoms with van der Waals surface area (Å²) in [4.78, 5) is 12.3. The summed E-state index contributed by atoms with van der Waals surface area (Å²) in [5, 5.41) is 4.22. The van der Waals surface area contributed by atoms with Gasteiger partial charge in [-0.15, -0.1) is 0 Å². The number of thioether (sulfide) groups is 1. The Hall–Kier alpha value is -1.56. The maximum atomic E-state index is 12.3. The van der Waals surface area contributed by atoms with Crippen LogP contribution in [0.3, 0.4) is 0 Å². The second-order valence-electron chi connectivity index (χ2n) is 5.77. The molecule has 0 aromatic heterocycles. The van der Waals surface area contributed by atoms with Crippen LogP contribution in [0.2, 0.25) is 10.0 Å². The number of nitrogens with one attached hydrogen (secondary N) is 1. The standard InChI is InChI=1S/C20H23Cl2NO3S/c1-3-19(26-17-8-6-16(25-2)7-9-17)20(24)23-10-11-27-13-14-4-5-15(21)12-18(14)22/h4-9,12,19H,3,10-11,13H2,1-2H3,(H,23,24). The van der Waals surface area contributed by atoms with Gasteiger partial charge in [-0.1, -0.05) is 36.2 Å². The van der Waals surface area contributed by atoms with Crippen molar-refractivity contribution in [3.8, 4) is 11.5 Å². The van der Waals surface area contributed by atoms with E-state index in [0.29, 0.717) is 28.8 Å². The summed E-state index contributed by atoms with van der Waals surface area (Å²) in [6.07, 6.45) is 0.0693. The molecule has 0 saturated carbocycles. The van der Waals surface area contributed by atoms with Gasteiger partial charge in [-0.25, -0.2) is 0 Å². The Labute approximate surface area is 174 Å². The highest BCUT2D eigenvalue weighted by molar-refractivity contribution is 7.98. The molecule has 0 radical (unpaired) electrons. The molecule has 146 valence electrons. The smallest absolute Gasteiger partial charge is 0.261 e. The van der Waals surface area contributed by atoms with Crippen LogP contribution in [0, 0.1) is 0 Å². The molecule has 0 aliphatic carbocycles. The van der Waals surface area contributed by atoms with Crippen LogP contribution >= 0.6 is 35.0 Å². The van der Waals surface area contributed by atoms with E-state index in [1.165, 1.54) is 0 Å². The molecule has 2 aromatic rings. The minimum Gasteiger partial charge on any atom is -0.497 e. The second kappa shape index (κ2) is 11.3. The van der Waals surface area contributed by atoms with Crippen molar-refractivity contribution in [3.63, 3.8) is 0 Å². The Bertz CT molecular complexity index is 741. The molecule has 0 heterocycles. The average Bonchev–Trinajstić information content (AvgIpc) is 2.67. The number of hydrogen-bond acceptors (Lipinski definition) is 4. The molecule has 1 atom stereocenters. The molecule has 1 unspecified atom stereocenters. The third-order valence-electron chi connectivity index (χ3n) is 3.82. The number of carbonyl (C=O) groups is 1. The van der Waals surface area contributed by atoms with Crippen LogP contribution in [0.25, 0.3) is 0 Å². The van der Waals surface area contributed by atoms with Crippen LogP contribution < -0.4 is 14.8 Å². The van der Waals surface area contributed by atoms with Gasteiger partial charge >= 0.3 is 0 Å². The molecule has 1 amide bonds. The fourth-order valence-corrected chi connectivity index (χ4v) is 3.74. The lowest BCUT2D eigenvalue weighted by atomic mass is 10.2. The molecule has 4 nitrogen and oxygen atoms in total. The van der Waals surface area contributed by atoms with Crippen LogP contribution in [0.15, 0.2) is 42.5 Å². The third-order valence-corrected chi connectivity index (χ3v) is 5.41. The first kappa shape index (κ1) is 21.7. The zero-order valence-electron chi connectivity index (χ0n) is 15.3. The maximum absolute atomic E-state index is 12.3. The number of hydrogen-bond donors (Lipinski definition) is 1. The molecule has 2 rings (SSSR count). The first-order valence-electron chi connectivity index (χ1n) is 8.63. The third kappa shape index (κ3) is 7.17. The summed E-state index contributed by atoms with van der Waals surface area (Å²) in [7, 11) is 1.61. The average molecular weight is 428 g/mol. The first-order chi connectivity index (χ1) is 13.0. The Kier molecular flexibility index (Phi) is 9.11. The Morgan fingerprint density at radius 2 is 1.85 bits per heavy atom. The lowest BCUT2D eigenvalue weighted by Gasteiger charge is -2.17. The zero-order chi connectivity index (χ0) is 19.6. The molecule has 0 saturated heterocycles. The fourth-order valence-electron chi connectivity index (χ4n) is 2.32. The van der Waals surface area contributed by atoms with E-state index >= 15 is 0 Å². The Balaban J connectivity index is 1.72. The summed E-state index contributed by atoms with van der Waals surface area (Å²) in [6, 6.07) is 12.7. The van der Waals surface area contributed by atoms with Gasteiger partial charge in [-0.05, 0) is 48.4 Å². The molecule has 27 heavy (non-hydrogen) atoms. The predicted molar refractivity (Wildman–Crippen MR) is 113 cm³/mol. The Morgan fingerprint density at radius 1 is 1.15 bits per heavy atom. The summed E-state index contributed by atoms with van der Waals surface area (Å²) in [5.41, 5.74) is 1.03. The van der Waals surface area contributed by atoms with E-state index in [-0.39, 0.29) is 5.91 Å². The van der Waals surface area contributed by atoms with Crippen LogP contribution in [0.4, 0.5) is 0 Å². The van der Waals surface area contributed by atoms with E-state index in [0.717, 1.165) is 22.8 Å². The number of rotatable bonds is 10. The van der Waals surface area contributed by atoms with Gasteiger partial charge in [0.2, 0.25) is 0 Å². The van der Waals surface area contributed by atoms with Crippen molar-refractivity contribution in [3.05, 3.63) is 58.1 Å². The molecule has 0 aliphatic rings.